The smallest absolute Gasteiger partial charge is 0.333 e. The van der Waals surface area contributed by atoms with Crippen LogP contribution in [0.5, 0.6) is 11.5 Å². The monoisotopic (exact) mass is 487 g/mol. The molecule has 34 heavy (non-hydrogen) atoms. The van der Waals surface area contributed by atoms with Crippen LogP contribution < -0.4 is 14.8 Å². The van der Waals surface area contributed by atoms with Crippen LogP contribution in [0.2, 0.25) is 0 Å². The molecule has 2 aromatic carbocycles. The number of amides is 1. The van der Waals surface area contributed by atoms with Crippen LogP contribution in [0.1, 0.15) is 16.7 Å². The zero-order valence-electron chi connectivity index (χ0n) is 18.5. The fourth-order valence-corrected chi connectivity index (χ4v) is 2.83. The van der Waals surface area contributed by atoms with Gasteiger partial charge in [0, 0.05) is 18.5 Å². The molecule has 0 saturated heterocycles. The van der Waals surface area contributed by atoms with Crippen LogP contribution >= 0.6 is 0 Å². The summed E-state index contributed by atoms with van der Waals surface area (Å²) >= 11 is 0. The second-order valence-corrected chi connectivity index (χ2v) is 7.43. The molecule has 0 aliphatic heterocycles. The number of halogens is 4. The predicted octanol–water partition coefficient (Wildman–Crippen LogP) is 3.61. The number of carbonyl (C=O) groups excluding carboxylic acids is 1. The Morgan fingerprint density at radius 3 is 2.38 bits per heavy atom. The van der Waals surface area contributed by atoms with E-state index < -0.39 is 36.9 Å². The Bertz CT molecular complexity index is 968. The van der Waals surface area contributed by atoms with Crippen molar-refractivity contribution in [1.29, 1.82) is 0 Å². The van der Waals surface area contributed by atoms with Crippen LogP contribution in [0.4, 0.5) is 17.6 Å². The van der Waals surface area contributed by atoms with Crippen molar-refractivity contribution in [2.24, 2.45) is 0 Å². The van der Waals surface area contributed by atoms with Crippen LogP contribution in [0.15, 0.2) is 42.5 Å². The molecule has 0 fully saturated rings. The molecule has 0 aliphatic carbocycles. The molecule has 186 valence electrons. The van der Waals surface area contributed by atoms with Crippen molar-refractivity contribution in [3.05, 3.63) is 59.2 Å². The van der Waals surface area contributed by atoms with E-state index >= 15 is 0 Å². The average molecular weight is 487 g/mol. The molecule has 7 nitrogen and oxygen atoms in total. The minimum Gasteiger partial charge on any atom is -0.496 e. The second kappa shape index (κ2) is 12.2. The molecular formula is C23H25F4NO6. The normalized spacial score (nSPS) is 12.3. The van der Waals surface area contributed by atoms with Gasteiger partial charge in [-0.2, -0.15) is 8.78 Å². The van der Waals surface area contributed by atoms with Crippen LogP contribution in [0.3, 0.4) is 0 Å². The molecule has 0 heterocycles. The Morgan fingerprint density at radius 1 is 1.12 bits per heavy atom. The van der Waals surface area contributed by atoms with Gasteiger partial charge in [-0.25, -0.2) is 13.6 Å². The first-order valence-corrected chi connectivity index (χ1v) is 10.1. The van der Waals surface area contributed by atoms with Crippen molar-refractivity contribution in [3.63, 3.8) is 0 Å². The number of carboxylic acid groups (broad SMARTS) is 1. The van der Waals surface area contributed by atoms with Gasteiger partial charge in [-0.3, -0.25) is 4.79 Å². The summed E-state index contributed by atoms with van der Waals surface area (Å²) in [5.41, 5.74) is 1.88. The molecule has 1 unspecified atom stereocenters. The molecule has 1 atom stereocenters. The summed E-state index contributed by atoms with van der Waals surface area (Å²) in [5, 5.41) is 11.9. The minimum absolute atomic E-state index is 0.00908. The maximum atomic E-state index is 13.1. The largest absolute Gasteiger partial charge is 0.496 e. The Labute approximate surface area is 193 Å². The fraction of sp³-hybridized carbons (Fsp3) is 0.391. The van der Waals surface area contributed by atoms with E-state index in [2.05, 4.69) is 10.1 Å². The van der Waals surface area contributed by atoms with Gasteiger partial charge in [0.1, 0.15) is 18.1 Å². The van der Waals surface area contributed by atoms with Crippen molar-refractivity contribution in [2.45, 2.75) is 38.3 Å². The van der Waals surface area contributed by atoms with Crippen LogP contribution in [-0.2, 0) is 27.3 Å². The first-order chi connectivity index (χ1) is 16.0. The predicted molar refractivity (Wildman–Crippen MR) is 114 cm³/mol. The third-order valence-corrected chi connectivity index (χ3v) is 4.70. The summed E-state index contributed by atoms with van der Waals surface area (Å²) in [6.07, 6.45) is -6.12. The summed E-state index contributed by atoms with van der Waals surface area (Å²) in [7, 11) is 1.40. The van der Waals surface area contributed by atoms with Crippen LogP contribution in [0, 0.1) is 6.92 Å². The number of ether oxygens (including phenoxy) is 3. The van der Waals surface area contributed by atoms with Gasteiger partial charge in [-0.15, -0.1) is 0 Å². The van der Waals surface area contributed by atoms with Crippen LogP contribution in [0.25, 0.3) is 0 Å². The van der Waals surface area contributed by atoms with E-state index in [-0.39, 0.29) is 19.6 Å². The molecule has 11 heteroatoms. The number of alkyl halides is 4. The molecule has 2 aromatic rings. The Kier molecular flexibility index (Phi) is 9.67. The number of methoxy groups -OCH3 is 1. The van der Waals surface area contributed by atoms with Crippen molar-refractivity contribution in [1.82, 2.24) is 5.32 Å². The van der Waals surface area contributed by atoms with E-state index in [4.69, 9.17) is 9.47 Å². The van der Waals surface area contributed by atoms with Gasteiger partial charge in [-0.1, -0.05) is 29.8 Å². The van der Waals surface area contributed by atoms with E-state index in [1.165, 1.54) is 25.3 Å². The summed E-state index contributed by atoms with van der Waals surface area (Å²) in [6, 6.07) is 11.6. The van der Waals surface area contributed by atoms with Gasteiger partial charge < -0.3 is 24.6 Å². The van der Waals surface area contributed by atoms with E-state index in [9.17, 15) is 32.3 Å². The van der Waals surface area contributed by atoms with Crippen molar-refractivity contribution < 1.29 is 46.5 Å². The molecular weight excluding hydrogens is 462 g/mol. The van der Waals surface area contributed by atoms with Gasteiger partial charge in [-0.05, 0) is 30.7 Å². The summed E-state index contributed by atoms with van der Waals surface area (Å²) in [4.78, 5) is 23.5. The van der Waals surface area contributed by atoms with E-state index in [0.717, 1.165) is 5.56 Å². The topological polar surface area (TPSA) is 94.1 Å². The van der Waals surface area contributed by atoms with Gasteiger partial charge in [0.2, 0.25) is 0 Å². The van der Waals surface area contributed by atoms with Gasteiger partial charge in [0.15, 0.2) is 12.7 Å². The lowest BCUT2D eigenvalue weighted by atomic mass is 10.0. The average Bonchev–Trinajstić information content (AvgIpc) is 2.79. The fourth-order valence-electron chi connectivity index (χ4n) is 2.83. The minimum atomic E-state index is -4.47. The maximum absolute atomic E-state index is 13.1. The quantitative estimate of drug-likeness (QED) is 0.420. The van der Waals surface area contributed by atoms with E-state index in [1.807, 2.05) is 19.1 Å². The van der Waals surface area contributed by atoms with E-state index in [1.54, 1.807) is 12.1 Å². The Morgan fingerprint density at radius 2 is 1.79 bits per heavy atom. The summed E-state index contributed by atoms with van der Waals surface area (Å²) < 4.78 is 66.0. The molecule has 0 spiro atoms. The molecule has 1 amide bonds. The van der Waals surface area contributed by atoms with E-state index in [0.29, 0.717) is 22.6 Å². The third-order valence-electron chi connectivity index (χ3n) is 4.70. The van der Waals surface area contributed by atoms with Gasteiger partial charge >= 0.3 is 18.3 Å². The second-order valence-electron chi connectivity index (χ2n) is 7.43. The molecule has 0 aromatic heterocycles. The highest BCUT2D eigenvalue weighted by Gasteiger charge is 2.42. The number of aryl methyl sites for hydroxylation is 1. The number of benzene rings is 2. The van der Waals surface area contributed by atoms with Gasteiger partial charge in [0.05, 0.1) is 7.11 Å². The first-order valence-electron chi connectivity index (χ1n) is 10.1. The zero-order valence-corrected chi connectivity index (χ0v) is 18.5. The van der Waals surface area contributed by atoms with Crippen LogP contribution in [-0.4, -0.2) is 55.8 Å². The SMILES string of the molecule is COc1ccc(CC(OCC(F)(F)C(F)F)C(=O)O)cc1CNC(=O)COc1ccc(C)cc1. The van der Waals surface area contributed by atoms with Crippen molar-refractivity contribution in [3.8, 4) is 11.5 Å². The highest BCUT2D eigenvalue weighted by atomic mass is 19.3. The van der Waals surface area contributed by atoms with Gasteiger partial charge in [0.25, 0.3) is 5.91 Å². The number of hydrogen-bond donors (Lipinski definition) is 2. The molecule has 2 rings (SSSR count). The van der Waals surface area contributed by atoms with Crippen molar-refractivity contribution in [2.75, 3.05) is 20.3 Å². The zero-order chi connectivity index (χ0) is 25.3. The maximum Gasteiger partial charge on any atom is 0.333 e. The molecule has 0 radical (unpaired) electrons. The third kappa shape index (κ3) is 8.22. The number of carbonyl (C=O) groups is 2. The first kappa shape index (κ1) is 26.9. The molecule has 0 saturated carbocycles. The number of nitrogens with one attached hydrogen (secondary N) is 1. The van der Waals surface area contributed by atoms with Crippen molar-refractivity contribution >= 4 is 11.9 Å². The lowest BCUT2D eigenvalue weighted by molar-refractivity contribution is -0.185. The summed E-state index contributed by atoms with van der Waals surface area (Å²) in [5.74, 6) is -5.56. The molecule has 2 N–H and O–H groups in total. The Hall–Kier alpha value is -3.34. The number of hydrogen-bond acceptors (Lipinski definition) is 5. The molecule has 0 bridgehead atoms. The highest BCUT2D eigenvalue weighted by Crippen LogP contribution is 2.25. The number of aliphatic carboxylic acids is 1. The lowest BCUT2D eigenvalue weighted by Crippen LogP contribution is -2.37. The number of rotatable bonds is 13. The number of carboxylic acids is 1. The highest BCUT2D eigenvalue weighted by molar-refractivity contribution is 5.77. The standard InChI is InChI=1S/C23H25F4NO6/c1-14-3-6-17(7-4-14)33-12-20(29)28-11-16-9-15(5-8-18(16)32-2)10-19(21(30)31)34-13-23(26,27)22(24)25/h3-9,19,22H,10-13H2,1-2H3,(H,28,29)(H,30,31). The Balaban J connectivity index is 1.99. The lowest BCUT2D eigenvalue weighted by Gasteiger charge is -2.20. The summed E-state index contributed by atoms with van der Waals surface area (Å²) in [6.45, 7) is -0.0450. The molecule has 0 aliphatic rings.